The fourth-order valence-electron chi connectivity index (χ4n) is 0. The van der Waals surface area contributed by atoms with E-state index in [2.05, 4.69) is 23.1 Å². The molecule has 0 aliphatic carbocycles. The molecule has 0 nitrogen and oxygen atoms in total. The Morgan fingerprint density at radius 1 is 1.80 bits per heavy atom. The molecule has 0 spiro atoms. The van der Waals surface area contributed by atoms with Gasteiger partial charge in [-0.2, -0.15) is 0 Å². The Hall–Kier alpha value is 0.430. The fourth-order valence-corrected chi connectivity index (χ4v) is 0. The normalized spacial score (nSPS) is 15.6. The summed E-state index contributed by atoms with van der Waals surface area (Å²) in [6, 6.07) is 0. The number of rotatable bonds is 1. The molecule has 0 aliphatic heterocycles. The maximum atomic E-state index is 2.23. The molecule has 5 heavy (non-hydrogen) atoms. The second kappa shape index (κ2) is 2.66. The van der Waals surface area contributed by atoms with E-state index in [0.717, 1.165) is 5.66 Å². The van der Waals surface area contributed by atoms with E-state index in [-0.39, 0.29) is 0 Å². The van der Waals surface area contributed by atoms with Crippen LogP contribution in [0, 0.1) is 0 Å². The highest BCUT2D eigenvalue weighted by atomic mass is 31.0. The van der Waals surface area contributed by atoms with E-state index in [1.54, 1.807) is 0 Å². The molecule has 0 aromatic carbocycles. The van der Waals surface area contributed by atoms with Crippen molar-refractivity contribution in [3.63, 3.8) is 0 Å². The van der Waals surface area contributed by atoms with Crippen molar-refractivity contribution in [3.05, 3.63) is 0 Å². The van der Waals surface area contributed by atoms with Gasteiger partial charge < -0.3 is 0 Å². The first-order chi connectivity index (χ1) is 2.27. The Bertz CT molecular complexity index is 17.6. The molecule has 32 valence electrons. The molecule has 0 N–H and O–H groups in total. The minimum absolute atomic E-state index is 0.912. The van der Waals surface area contributed by atoms with Gasteiger partial charge in [0.05, 0.1) is 5.66 Å². The van der Waals surface area contributed by atoms with Crippen molar-refractivity contribution in [1.82, 2.24) is 0 Å². The standard InChI is InChI=1S/C4H11P/c1-3-4(2)5/h4H,3,5H2,1-2H3/p+1. The largest absolute Gasteiger partial charge is 0.0617 e. The van der Waals surface area contributed by atoms with E-state index in [4.69, 9.17) is 0 Å². The van der Waals surface area contributed by atoms with Crippen LogP contribution in [0.5, 0.6) is 0 Å². The highest BCUT2D eigenvalue weighted by Gasteiger charge is 1.86. The molecule has 0 aromatic rings. The molecule has 0 saturated heterocycles. The molecular formula is C4H12P+. The van der Waals surface area contributed by atoms with Gasteiger partial charge in [-0.25, -0.2) is 0 Å². The molecule has 0 rings (SSSR count). The van der Waals surface area contributed by atoms with E-state index >= 15 is 0 Å². The summed E-state index contributed by atoms with van der Waals surface area (Å²) < 4.78 is 0. The zero-order valence-corrected chi connectivity index (χ0v) is 5.41. The summed E-state index contributed by atoms with van der Waals surface area (Å²) in [5.41, 5.74) is 0.912. The predicted molar refractivity (Wildman–Crippen MR) is 30.9 cm³/mol. The van der Waals surface area contributed by atoms with Gasteiger partial charge >= 0.3 is 0 Å². The van der Waals surface area contributed by atoms with Gasteiger partial charge in [-0.3, -0.25) is 0 Å². The second-order valence-electron chi connectivity index (χ2n) is 1.51. The van der Waals surface area contributed by atoms with Crippen molar-refractivity contribution in [2.75, 3.05) is 0 Å². The summed E-state index contributed by atoms with van der Waals surface area (Å²) in [4.78, 5) is 0. The first kappa shape index (κ1) is 5.43. The van der Waals surface area contributed by atoms with Gasteiger partial charge in [0.1, 0.15) is 0 Å². The smallest absolute Gasteiger partial charge is 0.0599 e. The molecule has 2 atom stereocenters. The molecule has 2 unspecified atom stereocenters. The van der Waals surface area contributed by atoms with Gasteiger partial charge in [0, 0.05) is 0 Å². The molecule has 0 fully saturated rings. The van der Waals surface area contributed by atoms with Crippen LogP contribution in [0.4, 0.5) is 0 Å². The van der Waals surface area contributed by atoms with Crippen LogP contribution < -0.4 is 0 Å². The van der Waals surface area contributed by atoms with E-state index in [1.165, 1.54) is 6.42 Å². The summed E-state index contributed by atoms with van der Waals surface area (Å²) in [5, 5.41) is 0. The Labute approximate surface area is 36.2 Å². The van der Waals surface area contributed by atoms with Gasteiger partial charge in [-0.15, -0.1) is 0 Å². The van der Waals surface area contributed by atoms with Crippen LogP contribution in [0.3, 0.4) is 0 Å². The SMILES string of the molecule is CCC(C)[PH3+]. The van der Waals surface area contributed by atoms with Crippen molar-refractivity contribution in [2.24, 2.45) is 0 Å². The van der Waals surface area contributed by atoms with E-state index in [1.807, 2.05) is 0 Å². The minimum Gasteiger partial charge on any atom is -0.0617 e. The van der Waals surface area contributed by atoms with E-state index in [9.17, 15) is 0 Å². The van der Waals surface area contributed by atoms with Crippen LogP contribution in [-0.2, 0) is 0 Å². The average molecular weight is 91.1 g/mol. The fraction of sp³-hybridized carbons (Fsp3) is 1.00. The van der Waals surface area contributed by atoms with Crippen LogP contribution in [0.15, 0.2) is 0 Å². The summed E-state index contributed by atoms with van der Waals surface area (Å²) >= 11 is 0. The third-order valence-corrected chi connectivity index (χ3v) is 1.27. The van der Waals surface area contributed by atoms with Gasteiger partial charge in [0.25, 0.3) is 0 Å². The highest BCUT2D eigenvalue weighted by molar-refractivity contribution is 7.17. The number of hydrogen-bond donors (Lipinski definition) is 0. The lowest BCUT2D eigenvalue weighted by atomic mass is 10.4. The van der Waals surface area contributed by atoms with Crippen molar-refractivity contribution in [2.45, 2.75) is 25.9 Å². The van der Waals surface area contributed by atoms with Crippen molar-refractivity contribution < 1.29 is 0 Å². The maximum absolute atomic E-state index is 2.23. The molecule has 0 radical (unpaired) electrons. The number of hydrogen-bond acceptors (Lipinski definition) is 0. The lowest BCUT2D eigenvalue weighted by Gasteiger charge is -1.84. The Morgan fingerprint density at radius 2 is 2.00 bits per heavy atom. The first-order valence-electron chi connectivity index (χ1n) is 2.10. The molecule has 0 aliphatic rings. The zero-order valence-electron chi connectivity index (χ0n) is 3.99. The van der Waals surface area contributed by atoms with Crippen LogP contribution in [0.25, 0.3) is 0 Å². The predicted octanol–water partition coefficient (Wildman–Crippen LogP) is 1.39. The van der Waals surface area contributed by atoms with Crippen LogP contribution >= 0.6 is 9.24 Å². The molecule has 0 amide bonds. The molecule has 0 saturated carbocycles. The van der Waals surface area contributed by atoms with Crippen molar-refractivity contribution >= 4 is 9.24 Å². The summed E-state index contributed by atoms with van der Waals surface area (Å²) in [7, 11) is 2.05. The topological polar surface area (TPSA) is 0 Å². The molecule has 0 heterocycles. The van der Waals surface area contributed by atoms with Gasteiger partial charge in [0.2, 0.25) is 0 Å². The van der Waals surface area contributed by atoms with Gasteiger partial charge in [-0.05, 0) is 22.6 Å². The molecular weight excluding hydrogens is 79.0 g/mol. The lowest BCUT2D eigenvalue weighted by molar-refractivity contribution is 0.908. The lowest BCUT2D eigenvalue weighted by Crippen LogP contribution is -1.80. The van der Waals surface area contributed by atoms with Crippen LogP contribution in [0.1, 0.15) is 20.3 Å². The zero-order chi connectivity index (χ0) is 4.28. The first-order valence-corrected chi connectivity index (χ1v) is 2.92. The third kappa shape index (κ3) is 4.43. The molecule has 0 aromatic heterocycles. The molecule has 0 bridgehead atoms. The van der Waals surface area contributed by atoms with Gasteiger partial charge in [-0.1, -0.05) is 6.92 Å². The van der Waals surface area contributed by atoms with E-state index < -0.39 is 0 Å². The quantitative estimate of drug-likeness (QED) is 0.428. The van der Waals surface area contributed by atoms with Crippen LogP contribution in [-0.4, -0.2) is 5.66 Å². The van der Waals surface area contributed by atoms with Crippen LogP contribution in [0.2, 0.25) is 0 Å². The summed E-state index contributed by atoms with van der Waals surface area (Å²) in [6.07, 6.45) is 1.32. The summed E-state index contributed by atoms with van der Waals surface area (Å²) in [6.45, 7) is 4.44. The Morgan fingerprint density at radius 3 is 2.00 bits per heavy atom. The maximum Gasteiger partial charge on any atom is 0.0599 e. The van der Waals surface area contributed by atoms with Gasteiger partial charge in [0.15, 0.2) is 0 Å². The summed E-state index contributed by atoms with van der Waals surface area (Å²) in [5.74, 6) is 0. The Kier molecular flexibility index (Phi) is 2.88. The third-order valence-electron chi connectivity index (χ3n) is 0.697. The Balaban J connectivity index is 2.54. The molecule has 1 heteroatoms. The second-order valence-corrected chi connectivity index (χ2v) is 2.91. The minimum atomic E-state index is 0.912. The van der Waals surface area contributed by atoms with Crippen molar-refractivity contribution in [1.29, 1.82) is 0 Å². The van der Waals surface area contributed by atoms with E-state index in [0.29, 0.717) is 0 Å². The monoisotopic (exact) mass is 91.1 g/mol. The van der Waals surface area contributed by atoms with Crippen molar-refractivity contribution in [3.8, 4) is 0 Å². The highest BCUT2D eigenvalue weighted by Crippen LogP contribution is 1.99. The average Bonchev–Trinajstić information content (AvgIpc) is 1.38.